The Morgan fingerprint density at radius 3 is 2.83 bits per heavy atom. The maximum absolute atomic E-state index is 11.0. The molecule has 66 valence electrons. The van der Waals surface area contributed by atoms with Crippen molar-refractivity contribution in [1.82, 2.24) is 0 Å². The lowest BCUT2D eigenvalue weighted by Crippen LogP contribution is -2.04. The van der Waals surface area contributed by atoms with Gasteiger partial charge in [0.2, 0.25) is 0 Å². The van der Waals surface area contributed by atoms with Crippen molar-refractivity contribution < 1.29 is 14.3 Å². The second kappa shape index (κ2) is 4.04. The molecule has 0 spiro atoms. The van der Waals surface area contributed by atoms with Crippen LogP contribution in [0.4, 0.5) is 0 Å². The lowest BCUT2D eigenvalue weighted by Gasteiger charge is -2.00. The average Bonchev–Trinajstić information content (AvgIpc) is 2.29. The molecule has 1 aliphatic rings. The summed E-state index contributed by atoms with van der Waals surface area (Å²) >= 11 is 0. The van der Waals surface area contributed by atoms with E-state index in [9.17, 15) is 9.59 Å². The molecule has 0 saturated heterocycles. The summed E-state index contributed by atoms with van der Waals surface area (Å²) in [6.07, 6.45) is 4.03. The molecule has 0 radical (unpaired) electrons. The Balaban J connectivity index is 2.60. The van der Waals surface area contributed by atoms with E-state index in [4.69, 9.17) is 0 Å². The second-order valence-electron chi connectivity index (χ2n) is 2.80. The van der Waals surface area contributed by atoms with Crippen LogP contribution in [0.1, 0.15) is 25.7 Å². The maximum atomic E-state index is 11.0. The van der Waals surface area contributed by atoms with Gasteiger partial charge in [0.05, 0.1) is 7.11 Å². The van der Waals surface area contributed by atoms with Gasteiger partial charge >= 0.3 is 5.97 Å². The number of methoxy groups -OCH3 is 1. The Kier molecular flexibility index (Phi) is 3.02. The van der Waals surface area contributed by atoms with Gasteiger partial charge in [0.1, 0.15) is 5.78 Å². The van der Waals surface area contributed by atoms with Crippen molar-refractivity contribution in [3.8, 4) is 0 Å². The number of rotatable bonds is 1. The summed E-state index contributed by atoms with van der Waals surface area (Å²) < 4.78 is 4.56. The quantitative estimate of drug-likeness (QED) is 0.553. The minimum absolute atomic E-state index is 0.227. The van der Waals surface area contributed by atoms with Gasteiger partial charge in [-0.3, -0.25) is 4.79 Å². The molecule has 0 aromatic rings. The normalized spacial score (nSPS) is 18.1. The fourth-order valence-electron chi connectivity index (χ4n) is 1.23. The molecular formula is C9H12O3. The SMILES string of the molecule is COC(=O)C1=CCCC(=O)CC1. The Hall–Kier alpha value is -1.12. The van der Waals surface area contributed by atoms with E-state index < -0.39 is 0 Å². The molecule has 0 amide bonds. The van der Waals surface area contributed by atoms with E-state index in [0.717, 1.165) is 0 Å². The summed E-state index contributed by atoms with van der Waals surface area (Å²) in [5, 5.41) is 0. The molecule has 1 rings (SSSR count). The van der Waals surface area contributed by atoms with Gasteiger partial charge in [-0.15, -0.1) is 0 Å². The zero-order valence-electron chi connectivity index (χ0n) is 7.13. The average molecular weight is 168 g/mol. The third kappa shape index (κ3) is 2.19. The number of carbonyl (C=O) groups excluding carboxylic acids is 2. The molecule has 3 nitrogen and oxygen atoms in total. The molecule has 0 N–H and O–H groups in total. The predicted octanol–water partition coefficient (Wildman–Crippen LogP) is 1.23. The summed E-state index contributed by atoms with van der Waals surface area (Å²) in [7, 11) is 1.36. The van der Waals surface area contributed by atoms with Crippen molar-refractivity contribution in [1.29, 1.82) is 0 Å². The number of Topliss-reactive ketones (excluding diaryl/α,β-unsaturated/α-hetero) is 1. The van der Waals surface area contributed by atoms with Gasteiger partial charge in [0.25, 0.3) is 0 Å². The van der Waals surface area contributed by atoms with E-state index >= 15 is 0 Å². The lowest BCUT2D eigenvalue weighted by atomic mass is 10.1. The molecule has 0 saturated carbocycles. The van der Waals surface area contributed by atoms with Crippen molar-refractivity contribution in [3.05, 3.63) is 11.6 Å². The zero-order chi connectivity index (χ0) is 8.97. The van der Waals surface area contributed by atoms with Crippen LogP contribution in [0.25, 0.3) is 0 Å². The van der Waals surface area contributed by atoms with Crippen molar-refractivity contribution in [2.24, 2.45) is 0 Å². The maximum Gasteiger partial charge on any atom is 0.333 e. The summed E-state index contributed by atoms with van der Waals surface area (Å²) in [4.78, 5) is 22.0. The molecule has 0 aliphatic heterocycles. The third-order valence-corrected chi connectivity index (χ3v) is 1.93. The van der Waals surface area contributed by atoms with Crippen molar-refractivity contribution in [2.45, 2.75) is 25.7 Å². The molecule has 12 heavy (non-hydrogen) atoms. The fraction of sp³-hybridized carbons (Fsp3) is 0.556. The first-order valence-electron chi connectivity index (χ1n) is 4.03. The summed E-state index contributed by atoms with van der Waals surface area (Å²) in [6, 6.07) is 0. The highest BCUT2D eigenvalue weighted by Gasteiger charge is 2.14. The Labute approximate surface area is 71.4 Å². The predicted molar refractivity (Wildman–Crippen MR) is 43.6 cm³/mol. The Morgan fingerprint density at radius 1 is 1.42 bits per heavy atom. The van der Waals surface area contributed by atoms with Crippen LogP contribution in [-0.2, 0) is 14.3 Å². The number of esters is 1. The highest BCUT2D eigenvalue weighted by Crippen LogP contribution is 2.15. The van der Waals surface area contributed by atoms with Crippen LogP contribution in [0.5, 0.6) is 0 Å². The lowest BCUT2D eigenvalue weighted by molar-refractivity contribution is -0.136. The number of carbonyl (C=O) groups is 2. The molecule has 0 bridgehead atoms. The first kappa shape index (κ1) is 8.97. The fourth-order valence-corrected chi connectivity index (χ4v) is 1.23. The van der Waals surface area contributed by atoms with Crippen LogP contribution in [0, 0.1) is 0 Å². The minimum Gasteiger partial charge on any atom is -0.466 e. The second-order valence-corrected chi connectivity index (χ2v) is 2.80. The number of ether oxygens (including phenoxy) is 1. The smallest absolute Gasteiger partial charge is 0.333 e. The van der Waals surface area contributed by atoms with E-state index in [2.05, 4.69) is 4.74 Å². The molecular weight excluding hydrogens is 156 g/mol. The molecule has 0 unspecified atom stereocenters. The molecule has 1 aliphatic carbocycles. The van der Waals surface area contributed by atoms with Crippen LogP contribution >= 0.6 is 0 Å². The number of hydrogen-bond donors (Lipinski definition) is 0. The van der Waals surface area contributed by atoms with E-state index in [-0.39, 0.29) is 11.8 Å². The summed E-state index contributed by atoms with van der Waals surface area (Å²) in [6.45, 7) is 0. The van der Waals surface area contributed by atoms with Crippen LogP contribution in [0.2, 0.25) is 0 Å². The Bertz CT molecular complexity index is 228. The van der Waals surface area contributed by atoms with Crippen LogP contribution in [0.15, 0.2) is 11.6 Å². The highest BCUT2D eigenvalue weighted by atomic mass is 16.5. The number of allylic oxidation sites excluding steroid dienone is 1. The molecule has 0 aromatic heterocycles. The van der Waals surface area contributed by atoms with Crippen molar-refractivity contribution in [3.63, 3.8) is 0 Å². The standard InChI is InChI=1S/C9H12O3/c1-12-9(11)7-3-2-4-8(10)6-5-7/h3H,2,4-6H2,1H3. The van der Waals surface area contributed by atoms with Crippen LogP contribution in [-0.4, -0.2) is 18.9 Å². The van der Waals surface area contributed by atoms with Crippen LogP contribution < -0.4 is 0 Å². The van der Waals surface area contributed by atoms with Crippen molar-refractivity contribution >= 4 is 11.8 Å². The van der Waals surface area contributed by atoms with E-state index in [1.165, 1.54) is 7.11 Å². The van der Waals surface area contributed by atoms with Gasteiger partial charge < -0.3 is 4.74 Å². The van der Waals surface area contributed by atoms with E-state index in [1.54, 1.807) is 6.08 Å². The first-order valence-corrected chi connectivity index (χ1v) is 4.03. The monoisotopic (exact) mass is 168 g/mol. The molecule has 0 fully saturated rings. The van der Waals surface area contributed by atoms with Gasteiger partial charge in [-0.1, -0.05) is 6.08 Å². The molecule has 0 aromatic carbocycles. The third-order valence-electron chi connectivity index (χ3n) is 1.93. The van der Waals surface area contributed by atoms with E-state index in [0.29, 0.717) is 31.3 Å². The highest BCUT2D eigenvalue weighted by molar-refractivity contribution is 5.90. The van der Waals surface area contributed by atoms with Gasteiger partial charge in [-0.25, -0.2) is 4.79 Å². The topological polar surface area (TPSA) is 43.4 Å². The largest absolute Gasteiger partial charge is 0.466 e. The van der Waals surface area contributed by atoms with Crippen LogP contribution in [0.3, 0.4) is 0 Å². The number of ketones is 1. The molecule has 0 atom stereocenters. The van der Waals surface area contributed by atoms with Gasteiger partial charge in [-0.2, -0.15) is 0 Å². The van der Waals surface area contributed by atoms with Crippen molar-refractivity contribution in [2.75, 3.05) is 7.11 Å². The molecule has 0 heterocycles. The Morgan fingerprint density at radius 2 is 2.17 bits per heavy atom. The number of hydrogen-bond acceptors (Lipinski definition) is 3. The van der Waals surface area contributed by atoms with E-state index in [1.807, 2.05) is 0 Å². The van der Waals surface area contributed by atoms with Gasteiger partial charge in [0, 0.05) is 18.4 Å². The summed E-state index contributed by atoms with van der Waals surface area (Å²) in [5.41, 5.74) is 0.642. The zero-order valence-corrected chi connectivity index (χ0v) is 7.13. The van der Waals surface area contributed by atoms with Gasteiger partial charge in [0.15, 0.2) is 0 Å². The first-order chi connectivity index (χ1) is 5.74. The molecule has 3 heteroatoms. The summed E-state index contributed by atoms with van der Waals surface area (Å²) in [5.74, 6) is -0.0742. The van der Waals surface area contributed by atoms with Gasteiger partial charge in [-0.05, 0) is 12.8 Å². The minimum atomic E-state index is -0.301.